The molecule has 0 aliphatic carbocycles. The van der Waals surface area contributed by atoms with E-state index in [9.17, 15) is 9.59 Å². The van der Waals surface area contributed by atoms with E-state index in [4.69, 9.17) is 5.73 Å². The maximum absolute atomic E-state index is 12.6. The van der Waals surface area contributed by atoms with Gasteiger partial charge in [-0.2, -0.15) is 0 Å². The summed E-state index contributed by atoms with van der Waals surface area (Å²) in [6.07, 6.45) is 0.976. The van der Waals surface area contributed by atoms with Crippen LogP contribution in [0.25, 0.3) is 0 Å². The normalized spacial score (nSPS) is 22.5. The molecule has 0 bridgehead atoms. The first-order chi connectivity index (χ1) is 10.3. The third-order valence-electron chi connectivity index (χ3n) is 4.06. The minimum Gasteiger partial charge on any atom is -0.354 e. The van der Waals surface area contributed by atoms with Crippen molar-refractivity contribution in [3.05, 3.63) is 35.9 Å². The lowest BCUT2D eigenvalue weighted by molar-refractivity contribution is -0.141. The average Bonchev–Trinajstić information content (AvgIpc) is 2.47. The van der Waals surface area contributed by atoms with Gasteiger partial charge < -0.3 is 16.0 Å². The molecule has 0 radical (unpaired) electrons. The molecule has 2 rings (SSSR count). The first-order valence-electron chi connectivity index (χ1n) is 7.67. The summed E-state index contributed by atoms with van der Waals surface area (Å²) in [6.45, 7) is 4.17. The van der Waals surface area contributed by atoms with Crippen LogP contribution in [0.3, 0.4) is 0 Å². The number of amides is 2. The number of carbonyl (C=O) groups excluding carboxylic acids is 2. The van der Waals surface area contributed by atoms with Crippen LogP contribution < -0.4 is 11.1 Å². The Bertz CT molecular complexity index is 537. The number of hydrogen-bond acceptors (Lipinski definition) is 3. The second kappa shape index (κ2) is 6.48. The number of piperidine rings is 1. The Kier molecular flexibility index (Phi) is 4.86. The number of nitrogens with one attached hydrogen (secondary N) is 1. The molecule has 1 aliphatic rings. The van der Waals surface area contributed by atoms with Crippen molar-refractivity contribution in [2.24, 2.45) is 11.7 Å². The molecule has 2 atom stereocenters. The first-order valence-corrected chi connectivity index (χ1v) is 7.67. The summed E-state index contributed by atoms with van der Waals surface area (Å²) in [7, 11) is 1.77. The van der Waals surface area contributed by atoms with E-state index in [1.165, 1.54) is 0 Å². The van der Waals surface area contributed by atoms with E-state index < -0.39 is 5.54 Å². The van der Waals surface area contributed by atoms with Gasteiger partial charge >= 0.3 is 0 Å². The lowest BCUT2D eigenvalue weighted by atomic mass is 9.84. The maximum atomic E-state index is 12.6. The van der Waals surface area contributed by atoms with Gasteiger partial charge in [0.05, 0.1) is 12.0 Å². The van der Waals surface area contributed by atoms with Crippen LogP contribution in [0.5, 0.6) is 0 Å². The molecule has 1 saturated heterocycles. The van der Waals surface area contributed by atoms with Gasteiger partial charge in [0, 0.05) is 25.6 Å². The van der Waals surface area contributed by atoms with E-state index in [-0.39, 0.29) is 23.8 Å². The van der Waals surface area contributed by atoms with Crippen molar-refractivity contribution in [2.45, 2.75) is 38.3 Å². The quantitative estimate of drug-likeness (QED) is 0.884. The summed E-state index contributed by atoms with van der Waals surface area (Å²) in [5.74, 6) is -0.198. The van der Waals surface area contributed by atoms with E-state index in [0.717, 1.165) is 5.56 Å². The Balaban J connectivity index is 2.20. The molecule has 0 aromatic heterocycles. The molecule has 5 nitrogen and oxygen atoms in total. The second-order valence-corrected chi connectivity index (χ2v) is 6.71. The predicted molar refractivity (Wildman–Crippen MR) is 86.0 cm³/mol. The third-order valence-corrected chi connectivity index (χ3v) is 4.06. The summed E-state index contributed by atoms with van der Waals surface area (Å²) in [4.78, 5) is 26.3. The van der Waals surface area contributed by atoms with Gasteiger partial charge in [0.2, 0.25) is 11.8 Å². The molecule has 22 heavy (non-hydrogen) atoms. The highest BCUT2D eigenvalue weighted by Gasteiger charge is 2.38. The van der Waals surface area contributed by atoms with E-state index in [2.05, 4.69) is 5.32 Å². The van der Waals surface area contributed by atoms with Crippen molar-refractivity contribution in [1.82, 2.24) is 10.2 Å². The SMILES string of the molecule is CN1C(=O)CCC(C(=O)NCC(C)(C)N)C1c1ccccc1. The Morgan fingerprint density at radius 2 is 2.00 bits per heavy atom. The number of benzene rings is 1. The number of nitrogens with two attached hydrogens (primary N) is 1. The molecule has 0 saturated carbocycles. The zero-order valence-electron chi connectivity index (χ0n) is 13.5. The highest BCUT2D eigenvalue weighted by molar-refractivity contribution is 5.84. The molecule has 1 aromatic carbocycles. The number of hydrogen-bond donors (Lipinski definition) is 2. The molecule has 3 N–H and O–H groups in total. The smallest absolute Gasteiger partial charge is 0.225 e. The Hall–Kier alpha value is -1.88. The molecule has 2 unspecified atom stereocenters. The Morgan fingerprint density at radius 1 is 1.36 bits per heavy atom. The summed E-state index contributed by atoms with van der Waals surface area (Å²) in [5.41, 5.74) is 6.47. The fraction of sp³-hybridized carbons (Fsp3) is 0.529. The number of nitrogens with zero attached hydrogens (tertiary/aromatic N) is 1. The zero-order chi connectivity index (χ0) is 16.3. The first kappa shape index (κ1) is 16.5. The monoisotopic (exact) mass is 303 g/mol. The Morgan fingerprint density at radius 3 is 2.59 bits per heavy atom. The van der Waals surface area contributed by atoms with Crippen molar-refractivity contribution >= 4 is 11.8 Å². The van der Waals surface area contributed by atoms with E-state index in [0.29, 0.717) is 19.4 Å². The fourth-order valence-electron chi connectivity index (χ4n) is 2.86. The van der Waals surface area contributed by atoms with Crippen LogP contribution >= 0.6 is 0 Å². The molecule has 1 aromatic rings. The number of rotatable bonds is 4. The van der Waals surface area contributed by atoms with Crippen molar-refractivity contribution in [3.8, 4) is 0 Å². The van der Waals surface area contributed by atoms with Gasteiger partial charge in [-0.1, -0.05) is 30.3 Å². The fourth-order valence-corrected chi connectivity index (χ4v) is 2.86. The summed E-state index contributed by atoms with van der Waals surface area (Å²) >= 11 is 0. The van der Waals surface area contributed by atoms with Crippen LogP contribution in [-0.2, 0) is 9.59 Å². The summed E-state index contributed by atoms with van der Waals surface area (Å²) in [6, 6.07) is 9.50. The van der Waals surface area contributed by atoms with Gasteiger partial charge in [-0.25, -0.2) is 0 Å². The second-order valence-electron chi connectivity index (χ2n) is 6.71. The van der Waals surface area contributed by atoms with E-state index >= 15 is 0 Å². The molecule has 1 heterocycles. The molecule has 5 heteroatoms. The minimum absolute atomic E-state index is 0.0354. The maximum Gasteiger partial charge on any atom is 0.225 e. The molecule has 1 fully saturated rings. The van der Waals surface area contributed by atoms with Gasteiger partial charge in [-0.15, -0.1) is 0 Å². The molecule has 2 amide bonds. The summed E-state index contributed by atoms with van der Waals surface area (Å²) < 4.78 is 0. The average molecular weight is 303 g/mol. The van der Waals surface area contributed by atoms with Gasteiger partial charge in [-0.3, -0.25) is 9.59 Å². The third kappa shape index (κ3) is 3.85. The van der Waals surface area contributed by atoms with Crippen LogP contribution in [0.15, 0.2) is 30.3 Å². The van der Waals surface area contributed by atoms with Gasteiger partial charge in [0.25, 0.3) is 0 Å². The van der Waals surface area contributed by atoms with Crippen LogP contribution in [-0.4, -0.2) is 35.8 Å². The highest BCUT2D eigenvalue weighted by Crippen LogP contribution is 2.35. The zero-order valence-corrected chi connectivity index (χ0v) is 13.5. The summed E-state index contributed by atoms with van der Waals surface area (Å²) in [5, 5.41) is 2.93. The van der Waals surface area contributed by atoms with Gasteiger partial charge in [-0.05, 0) is 25.8 Å². The van der Waals surface area contributed by atoms with E-state index in [1.54, 1.807) is 11.9 Å². The lowest BCUT2D eigenvalue weighted by Crippen LogP contribution is -2.50. The molecule has 120 valence electrons. The van der Waals surface area contributed by atoms with Crippen LogP contribution in [0.1, 0.15) is 38.3 Å². The highest BCUT2D eigenvalue weighted by atomic mass is 16.2. The predicted octanol–water partition coefficient (Wildman–Crippen LogP) is 1.45. The van der Waals surface area contributed by atoms with Gasteiger partial charge in [0.1, 0.15) is 0 Å². The lowest BCUT2D eigenvalue weighted by Gasteiger charge is -2.38. The van der Waals surface area contributed by atoms with Crippen molar-refractivity contribution in [2.75, 3.05) is 13.6 Å². The molecule has 1 aliphatic heterocycles. The van der Waals surface area contributed by atoms with E-state index in [1.807, 2.05) is 44.2 Å². The Labute approximate surface area is 131 Å². The molecular weight excluding hydrogens is 278 g/mol. The minimum atomic E-state index is -0.450. The van der Waals surface area contributed by atoms with Crippen molar-refractivity contribution < 1.29 is 9.59 Å². The topological polar surface area (TPSA) is 75.4 Å². The number of carbonyl (C=O) groups is 2. The van der Waals surface area contributed by atoms with Crippen LogP contribution in [0, 0.1) is 5.92 Å². The van der Waals surface area contributed by atoms with Crippen molar-refractivity contribution in [1.29, 1.82) is 0 Å². The number of likely N-dealkylation sites (tertiary alicyclic amines) is 1. The van der Waals surface area contributed by atoms with Gasteiger partial charge in [0.15, 0.2) is 0 Å². The largest absolute Gasteiger partial charge is 0.354 e. The standard InChI is InChI=1S/C17H25N3O2/c1-17(2,18)11-19-16(22)13-9-10-14(21)20(3)15(13)12-7-5-4-6-8-12/h4-8,13,15H,9-11,18H2,1-3H3,(H,19,22). The van der Waals surface area contributed by atoms with Crippen molar-refractivity contribution in [3.63, 3.8) is 0 Å². The molecule has 0 spiro atoms. The van der Waals surface area contributed by atoms with Crippen LogP contribution in [0.2, 0.25) is 0 Å². The molecular formula is C17H25N3O2. The van der Waals surface area contributed by atoms with Crippen LogP contribution in [0.4, 0.5) is 0 Å².